The minimum Gasteiger partial charge on any atom is -0.395 e. The molecule has 2 aromatic heterocycles. The van der Waals surface area contributed by atoms with Crippen LogP contribution in [0.25, 0.3) is 10.4 Å². The maximum absolute atomic E-state index is 13.1. The Morgan fingerprint density at radius 2 is 1.94 bits per heavy atom. The SMILES string of the molecule is CN(CCN=C(C=C(N)C(F)(F)F)c1ccc(-c2cccc(S(C)(=O)=O)c2)s1)Cc1cccs1. The van der Waals surface area contributed by atoms with Crippen LogP contribution >= 0.6 is 22.7 Å². The van der Waals surface area contributed by atoms with Crippen molar-refractivity contribution in [3.05, 3.63) is 75.4 Å². The van der Waals surface area contributed by atoms with Gasteiger partial charge in [-0.15, -0.1) is 22.7 Å². The number of nitrogens with two attached hydrogens (primary N) is 1. The Labute approximate surface area is 205 Å². The van der Waals surface area contributed by atoms with Crippen LogP contribution < -0.4 is 5.73 Å². The van der Waals surface area contributed by atoms with E-state index in [9.17, 15) is 21.6 Å². The minimum atomic E-state index is -4.67. The third-order valence-corrected chi connectivity index (χ3v) is 7.92. The fraction of sp³-hybridized carbons (Fsp3) is 0.261. The lowest BCUT2D eigenvalue weighted by Crippen LogP contribution is -2.22. The summed E-state index contributed by atoms with van der Waals surface area (Å²) in [6, 6.07) is 13.8. The Kier molecular flexibility index (Phi) is 8.34. The van der Waals surface area contributed by atoms with Crippen LogP contribution in [0, 0.1) is 0 Å². The van der Waals surface area contributed by atoms with Crippen molar-refractivity contribution in [2.75, 3.05) is 26.4 Å². The molecule has 182 valence electrons. The van der Waals surface area contributed by atoms with Gasteiger partial charge in [-0.1, -0.05) is 18.2 Å². The summed E-state index contributed by atoms with van der Waals surface area (Å²) in [5.41, 5.74) is 4.84. The molecule has 11 heteroatoms. The molecule has 0 bridgehead atoms. The molecule has 3 aromatic rings. The average Bonchev–Trinajstić information content (AvgIpc) is 3.44. The van der Waals surface area contributed by atoms with E-state index in [0.29, 0.717) is 21.9 Å². The fourth-order valence-electron chi connectivity index (χ4n) is 3.02. The van der Waals surface area contributed by atoms with E-state index < -0.39 is 21.7 Å². The van der Waals surface area contributed by atoms with Gasteiger partial charge in [0.2, 0.25) is 0 Å². The van der Waals surface area contributed by atoms with Gasteiger partial charge in [0, 0.05) is 29.1 Å². The Morgan fingerprint density at radius 1 is 1.18 bits per heavy atom. The van der Waals surface area contributed by atoms with Crippen LogP contribution in [0.15, 0.2) is 75.6 Å². The van der Waals surface area contributed by atoms with Gasteiger partial charge in [-0.25, -0.2) is 8.42 Å². The number of nitrogens with zero attached hydrogens (tertiary/aromatic N) is 2. The molecule has 0 aliphatic heterocycles. The standard InChI is InChI=1S/C23H24F3N3O2S3/c1-29(15-17-6-4-12-32-17)11-10-28-19(14-22(27)23(24,25)26)21-9-8-20(33-21)16-5-3-7-18(13-16)34(2,30)31/h3-9,12-14H,10-11,15,27H2,1-2H3. The molecule has 1 aromatic carbocycles. The number of benzene rings is 1. The maximum Gasteiger partial charge on any atom is 0.430 e. The van der Waals surface area contributed by atoms with E-state index in [1.165, 1.54) is 22.3 Å². The highest BCUT2D eigenvalue weighted by Crippen LogP contribution is 2.31. The van der Waals surface area contributed by atoms with Gasteiger partial charge in [-0.2, -0.15) is 13.2 Å². The molecule has 3 rings (SSSR count). The monoisotopic (exact) mass is 527 g/mol. The number of alkyl halides is 3. The second-order valence-electron chi connectivity index (χ2n) is 7.65. The van der Waals surface area contributed by atoms with Crippen LogP contribution in [0.3, 0.4) is 0 Å². The first-order chi connectivity index (χ1) is 15.9. The summed E-state index contributed by atoms with van der Waals surface area (Å²) in [6.45, 7) is 1.56. The predicted octanol–water partition coefficient (Wildman–Crippen LogP) is 5.21. The van der Waals surface area contributed by atoms with Gasteiger partial charge in [0.25, 0.3) is 0 Å². The zero-order valence-electron chi connectivity index (χ0n) is 18.5. The average molecular weight is 528 g/mol. The molecule has 0 unspecified atom stereocenters. The summed E-state index contributed by atoms with van der Waals surface area (Å²) in [5.74, 6) is 0. The van der Waals surface area contributed by atoms with Crippen LogP contribution in [0.5, 0.6) is 0 Å². The van der Waals surface area contributed by atoms with Crippen molar-refractivity contribution in [3.63, 3.8) is 0 Å². The third kappa shape index (κ3) is 7.26. The first kappa shape index (κ1) is 26.1. The van der Waals surface area contributed by atoms with Gasteiger partial charge in [0.05, 0.1) is 22.0 Å². The summed E-state index contributed by atoms with van der Waals surface area (Å²) in [6.07, 6.45) is -2.70. The molecule has 2 N–H and O–H groups in total. The predicted molar refractivity (Wildman–Crippen MR) is 133 cm³/mol. The third-order valence-electron chi connectivity index (χ3n) is 4.79. The van der Waals surface area contributed by atoms with Crippen molar-refractivity contribution >= 4 is 38.2 Å². The lowest BCUT2D eigenvalue weighted by molar-refractivity contribution is -0.0925. The van der Waals surface area contributed by atoms with Gasteiger partial charge in [-0.3, -0.25) is 9.89 Å². The molecular formula is C23H24F3N3O2S3. The Bertz CT molecular complexity index is 1280. The van der Waals surface area contributed by atoms with Crippen molar-refractivity contribution in [1.29, 1.82) is 0 Å². The highest BCUT2D eigenvalue weighted by atomic mass is 32.2. The fourth-order valence-corrected chi connectivity index (χ4v) is 5.46. The van der Waals surface area contributed by atoms with E-state index in [1.54, 1.807) is 41.7 Å². The van der Waals surface area contributed by atoms with E-state index in [2.05, 4.69) is 4.99 Å². The zero-order chi connectivity index (χ0) is 24.9. The molecule has 0 saturated heterocycles. The van der Waals surface area contributed by atoms with Crippen molar-refractivity contribution < 1.29 is 21.6 Å². The number of aliphatic imine (C=N–C) groups is 1. The van der Waals surface area contributed by atoms with Crippen molar-refractivity contribution in [2.45, 2.75) is 17.6 Å². The van der Waals surface area contributed by atoms with Crippen LogP contribution in [-0.2, 0) is 16.4 Å². The number of thiophene rings is 2. The number of halogens is 3. The van der Waals surface area contributed by atoms with Gasteiger partial charge in [-0.05, 0) is 54.4 Å². The second kappa shape index (κ2) is 10.9. The molecule has 0 atom stereocenters. The van der Waals surface area contributed by atoms with Crippen molar-refractivity contribution in [1.82, 2.24) is 4.90 Å². The zero-order valence-corrected chi connectivity index (χ0v) is 21.0. The lowest BCUT2D eigenvalue weighted by Gasteiger charge is -2.14. The van der Waals surface area contributed by atoms with Gasteiger partial charge < -0.3 is 5.73 Å². The molecular weight excluding hydrogens is 503 g/mol. The van der Waals surface area contributed by atoms with E-state index in [4.69, 9.17) is 5.73 Å². The molecule has 5 nitrogen and oxygen atoms in total. The summed E-state index contributed by atoms with van der Waals surface area (Å²) in [5, 5.41) is 1.99. The van der Waals surface area contributed by atoms with Gasteiger partial charge in [0.15, 0.2) is 9.84 Å². The first-order valence-corrected chi connectivity index (χ1v) is 13.7. The van der Waals surface area contributed by atoms with Crippen LogP contribution in [0.1, 0.15) is 9.75 Å². The molecule has 34 heavy (non-hydrogen) atoms. The number of hydrogen-bond acceptors (Lipinski definition) is 7. The quantitative estimate of drug-likeness (QED) is 0.388. The molecule has 0 aliphatic rings. The molecule has 0 aliphatic carbocycles. The molecule has 0 fully saturated rings. The molecule has 0 radical (unpaired) electrons. The molecule has 0 spiro atoms. The Morgan fingerprint density at radius 3 is 2.59 bits per heavy atom. The summed E-state index contributed by atoms with van der Waals surface area (Å²) >= 11 is 2.86. The van der Waals surface area contributed by atoms with Gasteiger partial charge in [0.1, 0.15) is 5.70 Å². The first-order valence-electron chi connectivity index (χ1n) is 10.1. The normalized spacial score (nSPS) is 13.6. The Balaban J connectivity index is 1.85. The van der Waals surface area contributed by atoms with E-state index in [1.807, 2.05) is 29.5 Å². The van der Waals surface area contributed by atoms with Crippen LogP contribution in [0.2, 0.25) is 0 Å². The van der Waals surface area contributed by atoms with E-state index in [-0.39, 0.29) is 17.2 Å². The number of likely N-dealkylation sites (N-methyl/N-ethyl adjacent to an activating group) is 1. The van der Waals surface area contributed by atoms with Crippen LogP contribution in [0.4, 0.5) is 13.2 Å². The number of sulfone groups is 1. The van der Waals surface area contributed by atoms with Gasteiger partial charge >= 0.3 is 6.18 Å². The maximum atomic E-state index is 13.1. The number of allylic oxidation sites excluding steroid dienone is 2. The Hall–Kier alpha value is -2.47. The summed E-state index contributed by atoms with van der Waals surface area (Å²) < 4.78 is 63.1. The lowest BCUT2D eigenvalue weighted by atomic mass is 10.2. The molecule has 2 heterocycles. The summed E-state index contributed by atoms with van der Waals surface area (Å²) in [7, 11) is -1.46. The second-order valence-corrected chi connectivity index (χ2v) is 11.8. The topological polar surface area (TPSA) is 75.8 Å². The number of hydrogen-bond donors (Lipinski definition) is 1. The highest BCUT2D eigenvalue weighted by molar-refractivity contribution is 7.90. The smallest absolute Gasteiger partial charge is 0.395 e. The van der Waals surface area contributed by atoms with E-state index in [0.717, 1.165) is 18.9 Å². The highest BCUT2D eigenvalue weighted by Gasteiger charge is 2.32. The molecule has 0 amide bonds. The van der Waals surface area contributed by atoms with Crippen LogP contribution in [-0.4, -0.2) is 51.6 Å². The minimum absolute atomic E-state index is 0.134. The van der Waals surface area contributed by atoms with Crippen molar-refractivity contribution in [3.8, 4) is 10.4 Å². The van der Waals surface area contributed by atoms with E-state index >= 15 is 0 Å². The number of rotatable bonds is 9. The van der Waals surface area contributed by atoms with Crippen molar-refractivity contribution in [2.24, 2.45) is 10.7 Å². The summed E-state index contributed by atoms with van der Waals surface area (Å²) in [4.78, 5) is 9.03. The largest absolute Gasteiger partial charge is 0.430 e. The molecule has 0 saturated carbocycles.